The van der Waals surface area contributed by atoms with Gasteiger partial charge in [-0.2, -0.15) is 0 Å². The van der Waals surface area contributed by atoms with Gasteiger partial charge < -0.3 is 9.15 Å². The van der Waals surface area contributed by atoms with Crippen molar-refractivity contribution in [2.75, 3.05) is 13.2 Å². The van der Waals surface area contributed by atoms with Crippen molar-refractivity contribution < 1.29 is 18.9 Å². The quantitative estimate of drug-likeness (QED) is 0.312. The van der Waals surface area contributed by atoms with Crippen LogP contribution in [0, 0.1) is 10.1 Å². The Morgan fingerprint density at radius 2 is 2.14 bits per heavy atom. The summed E-state index contributed by atoms with van der Waals surface area (Å²) in [5.74, 6) is 0.633. The molecule has 144 valence electrons. The second-order valence-electron chi connectivity index (χ2n) is 6.40. The number of hydrogen-bond acceptors (Lipinski definition) is 7. The zero-order valence-corrected chi connectivity index (χ0v) is 16.3. The Labute approximate surface area is 170 Å². The second-order valence-corrected chi connectivity index (χ2v) is 8.08. The predicted molar refractivity (Wildman–Crippen MR) is 110 cm³/mol. The van der Waals surface area contributed by atoms with E-state index in [4.69, 9.17) is 21.4 Å². The number of para-hydroxylation sites is 1. The maximum Gasteiger partial charge on any atom is 0.280 e. The number of nitro groups is 1. The van der Waals surface area contributed by atoms with E-state index in [-0.39, 0.29) is 17.7 Å². The van der Waals surface area contributed by atoms with Crippen LogP contribution in [0.3, 0.4) is 0 Å². The Hall–Kier alpha value is -2.49. The lowest BCUT2D eigenvalue weighted by Crippen LogP contribution is -2.35. The SMILES string of the molecule is O=C1/C(=C/c2ccc(-c3ccccc3[N+](=O)[O-])o2)SC(=S)N1C[C@H]1CCCO1. The average Bonchev–Trinajstić information content (AvgIpc) is 3.41. The first-order valence-corrected chi connectivity index (χ1v) is 9.96. The van der Waals surface area contributed by atoms with Gasteiger partial charge in [-0.05, 0) is 31.0 Å². The first-order chi connectivity index (χ1) is 13.5. The molecule has 0 radical (unpaired) electrons. The third kappa shape index (κ3) is 3.73. The maximum absolute atomic E-state index is 12.7. The van der Waals surface area contributed by atoms with E-state index in [2.05, 4.69) is 0 Å². The fourth-order valence-corrected chi connectivity index (χ4v) is 4.45. The molecule has 1 aromatic heterocycles. The van der Waals surface area contributed by atoms with E-state index in [1.807, 2.05) is 0 Å². The summed E-state index contributed by atoms with van der Waals surface area (Å²) in [6.45, 7) is 1.18. The number of thioether (sulfide) groups is 1. The van der Waals surface area contributed by atoms with Crippen LogP contribution in [0.25, 0.3) is 17.4 Å². The number of nitro benzene ring substituents is 1. The van der Waals surface area contributed by atoms with Crippen molar-refractivity contribution in [3.63, 3.8) is 0 Å². The van der Waals surface area contributed by atoms with Gasteiger partial charge in [0, 0.05) is 18.7 Å². The van der Waals surface area contributed by atoms with Gasteiger partial charge in [0.25, 0.3) is 11.6 Å². The Morgan fingerprint density at radius 3 is 2.89 bits per heavy atom. The monoisotopic (exact) mass is 416 g/mol. The molecule has 28 heavy (non-hydrogen) atoms. The van der Waals surface area contributed by atoms with Gasteiger partial charge in [0.15, 0.2) is 0 Å². The lowest BCUT2D eigenvalue weighted by Gasteiger charge is -2.18. The minimum Gasteiger partial charge on any atom is -0.456 e. The number of thiocarbonyl (C=S) groups is 1. The molecule has 2 aliphatic heterocycles. The largest absolute Gasteiger partial charge is 0.456 e. The first kappa shape index (κ1) is 18.9. The van der Waals surface area contributed by atoms with Gasteiger partial charge in [0.05, 0.1) is 28.0 Å². The molecule has 7 nitrogen and oxygen atoms in total. The summed E-state index contributed by atoms with van der Waals surface area (Å²) in [5, 5.41) is 11.2. The summed E-state index contributed by atoms with van der Waals surface area (Å²) >= 11 is 6.56. The molecule has 2 aliphatic rings. The van der Waals surface area contributed by atoms with Crippen molar-refractivity contribution in [3.05, 3.63) is 57.2 Å². The number of hydrogen-bond donors (Lipinski definition) is 0. The standard InChI is InChI=1S/C19H16N2O5S2/c22-18-17(28-19(27)20(18)11-13-4-3-9-25-13)10-12-7-8-16(26-12)14-5-1-2-6-15(14)21(23)24/h1-2,5-8,10,13H,3-4,9,11H2/b17-10-/t13-/m1/s1. The summed E-state index contributed by atoms with van der Waals surface area (Å²) in [6.07, 6.45) is 3.56. The Morgan fingerprint density at radius 1 is 1.32 bits per heavy atom. The lowest BCUT2D eigenvalue weighted by atomic mass is 10.1. The molecular weight excluding hydrogens is 400 g/mol. The number of benzene rings is 1. The summed E-state index contributed by atoms with van der Waals surface area (Å²) in [5.41, 5.74) is 0.351. The van der Waals surface area contributed by atoms with Crippen LogP contribution in [0.15, 0.2) is 45.7 Å². The van der Waals surface area contributed by atoms with Crippen molar-refractivity contribution in [1.29, 1.82) is 0 Å². The lowest BCUT2D eigenvalue weighted by molar-refractivity contribution is -0.384. The smallest absolute Gasteiger partial charge is 0.280 e. The molecule has 1 amide bonds. The molecular formula is C19H16N2O5S2. The van der Waals surface area contributed by atoms with E-state index in [1.165, 1.54) is 17.8 Å². The number of ether oxygens (including phenoxy) is 1. The van der Waals surface area contributed by atoms with Crippen LogP contribution in [0.4, 0.5) is 5.69 Å². The molecule has 3 heterocycles. The van der Waals surface area contributed by atoms with Crippen LogP contribution >= 0.6 is 24.0 Å². The Balaban J connectivity index is 1.55. The van der Waals surface area contributed by atoms with Crippen LogP contribution in [0.1, 0.15) is 18.6 Å². The normalized spacial score (nSPS) is 21.1. The van der Waals surface area contributed by atoms with E-state index < -0.39 is 4.92 Å². The number of carbonyl (C=O) groups excluding carboxylic acids is 1. The fourth-order valence-electron chi connectivity index (χ4n) is 3.19. The van der Waals surface area contributed by atoms with Crippen LogP contribution in [0.2, 0.25) is 0 Å². The van der Waals surface area contributed by atoms with Crippen molar-refractivity contribution in [1.82, 2.24) is 4.90 Å². The average molecular weight is 416 g/mol. The third-order valence-electron chi connectivity index (χ3n) is 4.55. The highest BCUT2D eigenvalue weighted by molar-refractivity contribution is 8.26. The summed E-state index contributed by atoms with van der Waals surface area (Å²) in [7, 11) is 0. The highest BCUT2D eigenvalue weighted by atomic mass is 32.2. The van der Waals surface area contributed by atoms with E-state index in [1.54, 1.807) is 41.3 Å². The molecule has 1 atom stereocenters. The van der Waals surface area contributed by atoms with Crippen molar-refractivity contribution in [2.24, 2.45) is 0 Å². The van der Waals surface area contributed by atoms with Gasteiger partial charge in [-0.25, -0.2) is 0 Å². The fraction of sp³-hybridized carbons (Fsp3) is 0.263. The molecule has 2 fully saturated rings. The van der Waals surface area contributed by atoms with Crippen molar-refractivity contribution >= 4 is 46.0 Å². The number of amides is 1. The third-order valence-corrected chi connectivity index (χ3v) is 5.93. The molecule has 1 aromatic carbocycles. The van der Waals surface area contributed by atoms with Crippen molar-refractivity contribution in [3.8, 4) is 11.3 Å². The minimum atomic E-state index is -0.451. The Kier molecular flexibility index (Phi) is 5.29. The van der Waals surface area contributed by atoms with Gasteiger partial charge in [-0.1, -0.05) is 36.1 Å². The molecule has 0 N–H and O–H groups in total. The van der Waals surface area contributed by atoms with E-state index >= 15 is 0 Å². The second kappa shape index (κ2) is 7.86. The number of carbonyl (C=O) groups is 1. The summed E-state index contributed by atoms with van der Waals surface area (Å²) < 4.78 is 11.8. The number of furan rings is 1. The molecule has 0 unspecified atom stereocenters. The van der Waals surface area contributed by atoms with Gasteiger partial charge in [0.2, 0.25) is 0 Å². The number of nitrogens with zero attached hydrogens (tertiary/aromatic N) is 2. The van der Waals surface area contributed by atoms with Gasteiger partial charge in [-0.15, -0.1) is 0 Å². The zero-order chi connectivity index (χ0) is 19.7. The van der Waals surface area contributed by atoms with E-state index in [0.29, 0.717) is 32.9 Å². The predicted octanol–water partition coefficient (Wildman–Crippen LogP) is 4.24. The summed E-state index contributed by atoms with van der Waals surface area (Å²) in [4.78, 5) is 25.5. The van der Waals surface area contributed by atoms with Crippen LogP contribution in [0.5, 0.6) is 0 Å². The molecule has 2 saturated heterocycles. The highest BCUT2D eigenvalue weighted by Gasteiger charge is 2.34. The van der Waals surface area contributed by atoms with Gasteiger partial charge in [-0.3, -0.25) is 19.8 Å². The van der Waals surface area contributed by atoms with E-state index in [0.717, 1.165) is 19.4 Å². The van der Waals surface area contributed by atoms with Gasteiger partial charge in [0.1, 0.15) is 15.8 Å². The van der Waals surface area contributed by atoms with Crippen LogP contribution in [-0.2, 0) is 9.53 Å². The molecule has 2 aromatic rings. The highest BCUT2D eigenvalue weighted by Crippen LogP contribution is 2.35. The molecule has 0 spiro atoms. The molecule has 0 saturated carbocycles. The topological polar surface area (TPSA) is 85.8 Å². The first-order valence-electron chi connectivity index (χ1n) is 8.73. The minimum absolute atomic E-state index is 0.0238. The summed E-state index contributed by atoms with van der Waals surface area (Å²) in [6, 6.07) is 9.70. The molecule has 0 aliphatic carbocycles. The van der Waals surface area contributed by atoms with Crippen LogP contribution < -0.4 is 0 Å². The number of rotatable bonds is 5. The van der Waals surface area contributed by atoms with E-state index in [9.17, 15) is 14.9 Å². The molecule has 4 rings (SSSR count). The zero-order valence-electron chi connectivity index (χ0n) is 14.7. The molecule has 0 bridgehead atoms. The Bertz CT molecular complexity index is 978. The van der Waals surface area contributed by atoms with Crippen LogP contribution in [-0.4, -0.2) is 39.3 Å². The van der Waals surface area contributed by atoms with Gasteiger partial charge >= 0.3 is 0 Å². The van der Waals surface area contributed by atoms with Crippen molar-refractivity contribution in [2.45, 2.75) is 18.9 Å². The molecule has 9 heteroatoms. The maximum atomic E-state index is 12.7.